The van der Waals surface area contributed by atoms with Gasteiger partial charge in [-0.15, -0.1) is 11.3 Å². The van der Waals surface area contributed by atoms with E-state index in [0.717, 1.165) is 5.56 Å². The highest BCUT2D eigenvalue weighted by atomic mass is 32.1. The minimum Gasteiger partial charge on any atom is -0.335 e. The molecule has 1 saturated heterocycles. The molecule has 2 heterocycles. The average molecular weight is 300 g/mol. The van der Waals surface area contributed by atoms with Crippen molar-refractivity contribution in [2.24, 2.45) is 0 Å². The molecule has 3 nitrogen and oxygen atoms in total. The SMILES string of the molecule is O=C(c1cnc(C#Cc2ccccc2)s1)N1CC[C@@H](F)C1. The molecule has 1 aliphatic heterocycles. The smallest absolute Gasteiger partial charge is 0.265 e. The molecule has 1 aromatic carbocycles. The molecule has 5 heteroatoms. The van der Waals surface area contributed by atoms with E-state index in [1.807, 2.05) is 30.3 Å². The number of hydrogen-bond donors (Lipinski definition) is 0. The molecule has 0 radical (unpaired) electrons. The van der Waals surface area contributed by atoms with Crippen LogP contribution in [0.4, 0.5) is 4.39 Å². The van der Waals surface area contributed by atoms with Crippen LogP contribution in [0.2, 0.25) is 0 Å². The van der Waals surface area contributed by atoms with Crippen molar-refractivity contribution in [2.45, 2.75) is 12.6 Å². The number of hydrogen-bond acceptors (Lipinski definition) is 3. The highest BCUT2D eigenvalue weighted by Crippen LogP contribution is 2.19. The van der Waals surface area contributed by atoms with Crippen molar-refractivity contribution in [3.05, 3.63) is 52.0 Å². The number of amides is 1. The molecule has 0 unspecified atom stereocenters. The molecule has 2 aromatic rings. The molecule has 1 amide bonds. The Morgan fingerprint density at radius 1 is 1.33 bits per heavy atom. The molecular formula is C16H13FN2OS. The van der Waals surface area contributed by atoms with E-state index in [1.165, 1.54) is 22.4 Å². The van der Waals surface area contributed by atoms with E-state index in [1.54, 1.807) is 0 Å². The van der Waals surface area contributed by atoms with Gasteiger partial charge in [-0.3, -0.25) is 4.79 Å². The molecule has 21 heavy (non-hydrogen) atoms. The van der Waals surface area contributed by atoms with Crippen LogP contribution < -0.4 is 0 Å². The number of carbonyl (C=O) groups excluding carboxylic acids is 1. The van der Waals surface area contributed by atoms with Gasteiger partial charge in [0.25, 0.3) is 5.91 Å². The summed E-state index contributed by atoms with van der Waals surface area (Å²) in [6.45, 7) is 0.657. The third-order valence-electron chi connectivity index (χ3n) is 3.22. The molecule has 0 bridgehead atoms. The van der Waals surface area contributed by atoms with E-state index < -0.39 is 6.17 Å². The molecule has 1 aliphatic rings. The number of halogens is 1. The lowest BCUT2D eigenvalue weighted by Gasteiger charge is -2.12. The summed E-state index contributed by atoms with van der Waals surface area (Å²) >= 11 is 1.25. The summed E-state index contributed by atoms with van der Waals surface area (Å²) in [6, 6.07) is 9.60. The number of nitrogens with zero attached hydrogens (tertiary/aromatic N) is 2. The van der Waals surface area contributed by atoms with E-state index in [4.69, 9.17) is 0 Å². The maximum Gasteiger partial charge on any atom is 0.265 e. The third kappa shape index (κ3) is 3.29. The summed E-state index contributed by atoms with van der Waals surface area (Å²) in [5, 5.41) is 0.596. The second-order valence-electron chi connectivity index (χ2n) is 4.78. The van der Waals surface area contributed by atoms with Crippen LogP contribution in [0.3, 0.4) is 0 Å². The summed E-state index contributed by atoms with van der Waals surface area (Å²) in [7, 11) is 0. The van der Waals surface area contributed by atoms with Gasteiger partial charge in [-0.1, -0.05) is 24.1 Å². The number of benzene rings is 1. The molecule has 0 aliphatic carbocycles. The van der Waals surface area contributed by atoms with Crippen molar-refractivity contribution in [1.29, 1.82) is 0 Å². The fraction of sp³-hybridized carbons (Fsp3) is 0.250. The molecule has 1 atom stereocenters. The summed E-state index contributed by atoms with van der Waals surface area (Å²) in [5.74, 6) is 5.80. The Morgan fingerprint density at radius 2 is 2.14 bits per heavy atom. The van der Waals surface area contributed by atoms with E-state index in [-0.39, 0.29) is 12.5 Å². The Balaban J connectivity index is 1.72. The quantitative estimate of drug-likeness (QED) is 0.759. The summed E-state index contributed by atoms with van der Waals surface area (Å²) in [5.41, 5.74) is 0.903. The standard InChI is InChI=1S/C16H13FN2OS/c17-13-8-9-19(11-13)16(20)14-10-18-15(21-14)7-6-12-4-2-1-3-5-12/h1-5,10,13H,8-9,11H2/t13-/m1/s1. The molecule has 1 aromatic heterocycles. The minimum atomic E-state index is -0.904. The van der Waals surface area contributed by atoms with Crippen molar-refractivity contribution in [3.8, 4) is 11.8 Å². The van der Waals surface area contributed by atoms with E-state index in [2.05, 4.69) is 16.8 Å². The zero-order valence-electron chi connectivity index (χ0n) is 11.3. The normalized spacial score (nSPS) is 17.4. The lowest BCUT2D eigenvalue weighted by molar-refractivity contribution is 0.0787. The first-order valence-electron chi connectivity index (χ1n) is 6.68. The van der Waals surface area contributed by atoms with Crippen molar-refractivity contribution in [3.63, 3.8) is 0 Å². The third-order valence-corrected chi connectivity index (χ3v) is 4.12. The lowest BCUT2D eigenvalue weighted by atomic mass is 10.2. The molecule has 0 N–H and O–H groups in total. The monoisotopic (exact) mass is 300 g/mol. The fourth-order valence-corrected chi connectivity index (χ4v) is 2.87. The van der Waals surface area contributed by atoms with Gasteiger partial charge in [0.2, 0.25) is 0 Å². The van der Waals surface area contributed by atoms with E-state index in [9.17, 15) is 9.18 Å². The first-order chi connectivity index (χ1) is 10.2. The van der Waals surface area contributed by atoms with Crippen LogP contribution in [0.5, 0.6) is 0 Å². The second-order valence-corrected chi connectivity index (χ2v) is 5.81. The van der Waals surface area contributed by atoms with Gasteiger partial charge in [0.15, 0.2) is 5.01 Å². The van der Waals surface area contributed by atoms with E-state index >= 15 is 0 Å². The van der Waals surface area contributed by atoms with Gasteiger partial charge in [0.05, 0.1) is 12.7 Å². The summed E-state index contributed by atoms with van der Waals surface area (Å²) < 4.78 is 13.1. The number of thiazole rings is 1. The Bertz CT molecular complexity index is 702. The second kappa shape index (κ2) is 6.06. The van der Waals surface area contributed by atoms with Crippen molar-refractivity contribution in [2.75, 3.05) is 13.1 Å². The topological polar surface area (TPSA) is 33.2 Å². The Hall–Kier alpha value is -2.19. The fourth-order valence-electron chi connectivity index (χ4n) is 2.14. The van der Waals surface area contributed by atoms with Crippen LogP contribution >= 0.6 is 11.3 Å². The number of rotatable bonds is 1. The Morgan fingerprint density at radius 3 is 2.86 bits per heavy atom. The Kier molecular flexibility index (Phi) is 3.98. The van der Waals surface area contributed by atoms with Gasteiger partial charge in [-0.05, 0) is 24.5 Å². The van der Waals surface area contributed by atoms with Crippen molar-refractivity contribution in [1.82, 2.24) is 9.88 Å². The summed E-state index contributed by atoms with van der Waals surface area (Å²) in [4.78, 5) is 18.4. The average Bonchev–Trinajstić information content (AvgIpc) is 3.14. The predicted octanol–water partition coefficient (Wildman–Crippen LogP) is 2.73. The number of aromatic nitrogens is 1. The highest BCUT2D eigenvalue weighted by Gasteiger charge is 2.27. The maximum absolute atomic E-state index is 13.1. The van der Waals surface area contributed by atoms with Crippen molar-refractivity contribution >= 4 is 17.2 Å². The molecule has 0 spiro atoms. The minimum absolute atomic E-state index is 0.152. The molecule has 0 saturated carbocycles. The largest absolute Gasteiger partial charge is 0.335 e. The van der Waals surface area contributed by atoms with Gasteiger partial charge in [0.1, 0.15) is 11.0 Å². The maximum atomic E-state index is 13.1. The molecular weight excluding hydrogens is 287 g/mol. The number of carbonyl (C=O) groups is 1. The first-order valence-corrected chi connectivity index (χ1v) is 7.50. The van der Waals surface area contributed by atoms with Crippen LogP contribution in [0.15, 0.2) is 36.5 Å². The van der Waals surface area contributed by atoms with Gasteiger partial charge in [-0.25, -0.2) is 9.37 Å². The van der Waals surface area contributed by atoms with Crippen molar-refractivity contribution < 1.29 is 9.18 Å². The van der Waals surface area contributed by atoms with Gasteiger partial charge < -0.3 is 4.90 Å². The van der Waals surface area contributed by atoms with Crippen LogP contribution in [0.25, 0.3) is 0 Å². The van der Waals surface area contributed by atoms with Crippen LogP contribution in [0.1, 0.15) is 26.7 Å². The highest BCUT2D eigenvalue weighted by molar-refractivity contribution is 7.14. The summed E-state index contributed by atoms with van der Waals surface area (Å²) in [6.07, 6.45) is 1.04. The Labute approximate surface area is 126 Å². The molecule has 3 rings (SSSR count). The van der Waals surface area contributed by atoms with Gasteiger partial charge in [-0.2, -0.15) is 0 Å². The molecule has 1 fully saturated rings. The van der Waals surface area contributed by atoms with Crippen LogP contribution in [-0.2, 0) is 0 Å². The zero-order chi connectivity index (χ0) is 14.7. The van der Waals surface area contributed by atoms with Crippen LogP contribution in [0, 0.1) is 11.8 Å². The van der Waals surface area contributed by atoms with Crippen LogP contribution in [-0.4, -0.2) is 35.1 Å². The van der Waals surface area contributed by atoms with Gasteiger partial charge in [0, 0.05) is 12.1 Å². The van der Waals surface area contributed by atoms with Gasteiger partial charge >= 0.3 is 0 Å². The lowest BCUT2D eigenvalue weighted by Crippen LogP contribution is -2.28. The zero-order valence-corrected chi connectivity index (χ0v) is 12.1. The van der Waals surface area contributed by atoms with E-state index in [0.29, 0.717) is 22.9 Å². The predicted molar refractivity (Wildman–Crippen MR) is 80.0 cm³/mol. The number of likely N-dealkylation sites (tertiary alicyclic amines) is 1. The first kappa shape index (κ1) is 13.8. The molecule has 106 valence electrons. The number of alkyl halides is 1.